The molecule has 0 bridgehead atoms. The largest absolute Gasteiger partial charge is 0.338 e. The van der Waals surface area contributed by atoms with Crippen LogP contribution in [-0.4, -0.2) is 49.0 Å². The Labute approximate surface area is 96.0 Å². The van der Waals surface area contributed by atoms with Crippen LogP contribution in [0, 0.1) is 0 Å². The summed E-state index contributed by atoms with van der Waals surface area (Å²) in [7, 11) is 0. The predicted octanol–water partition coefficient (Wildman–Crippen LogP) is 0.441. The van der Waals surface area contributed by atoms with Crippen molar-refractivity contribution in [2.45, 2.75) is 13.8 Å². The lowest BCUT2D eigenvalue weighted by Gasteiger charge is -2.27. The molecule has 0 aromatic carbocycles. The topological polar surface area (TPSA) is 57.1 Å². The number of hydrogen-bond acceptors (Lipinski definition) is 3. The number of allylic oxidation sites excluding steroid dienone is 1. The Bertz CT molecular complexity index is 314. The highest BCUT2D eigenvalue weighted by Gasteiger charge is 2.12. The number of carbonyl (C=O) groups excluding carboxylic acids is 1. The van der Waals surface area contributed by atoms with Gasteiger partial charge < -0.3 is 10.2 Å². The molecular formula is C11H18N4O. The van der Waals surface area contributed by atoms with Gasteiger partial charge in [0.1, 0.15) is 0 Å². The van der Waals surface area contributed by atoms with Crippen LogP contribution < -0.4 is 5.32 Å². The van der Waals surface area contributed by atoms with Crippen molar-refractivity contribution < 1.29 is 4.79 Å². The second kappa shape index (κ2) is 6.90. The molecule has 0 radical (unpaired) electrons. The summed E-state index contributed by atoms with van der Waals surface area (Å²) in [5.74, 6) is 0.658. The molecule has 1 fully saturated rings. The Morgan fingerprint density at radius 2 is 2.06 bits per heavy atom. The van der Waals surface area contributed by atoms with Crippen molar-refractivity contribution in [2.24, 2.45) is 9.98 Å². The van der Waals surface area contributed by atoms with Gasteiger partial charge in [0.05, 0.1) is 0 Å². The molecule has 0 aromatic rings. The van der Waals surface area contributed by atoms with Crippen LogP contribution in [0.5, 0.6) is 0 Å². The average Bonchev–Trinajstić information content (AvgIpc) is 2.29. The van der Waals surface area contributed by atoms with Crippen molar-refractivity contribution in [3.05, 3.63) is 12.3 Å². The van der Waals surface area contributed by atoms with Gasteiger partial charge in [-0.2, -0.15) is 0 Å². The fraction of sp³-hybridized carbons (Fsp3) is 0.545. The summed E-state index contributed by atoms with van der Waals surface area (Å²) in [6, 6.07) is 0. The van der Waals surface area contributed by atoms with Crippen LogP contribution in [0.3, 0.4) is 0 Å². The van der Waals surface area contributed by atoms with E-state index in [1.807, 2.05) is 6.92 Å². The van der Waals surface area contributed by atoms with Gasteiger partial charge in [-0.3, -0.25) is 4.79 Å². The zero-order valence-corrected chi connectivity index (χ0v) is 9.81. The number of rotatable bonds is 2. The van der Waals surface area contributed by atoms with Crippen LogP contribution in [0.2, 0.25) is 0 Å². The van der Waals surface area contributed by atoms with Gasteiger partial charge in [-0.15, -0.1) is 0 Å². The number of guanidine groups is 1. The standard InChI is InChI=1S/C11H18N4O/c1-3-13-11(14-5-4-10(2)16)15-8-6-12-7-9-15/h3-5,12H,6-9H2,1-2H3/b5-4+,13-3-,14-11+. The van der Waals surface area contributed by atoms with Crippen molar-refractivity contribution in [3.8, 4) is 0 Å². The summed E-state index contributed by atoms with van der Waals surface area (Å²) >= 11 is 0. The van der Waals surface area contributed by atoms with Crippen molar-refractivity contribution in [2.75, 3.05) is 26.2 Å². The number of hydrogen-bond donors (Lipinski definition) is 1. The third kappa shape index (κ3) is 4.35. The molecule has 0 spiro atoms. The van der Waals surface area contributed by atoms with Crippen molar-refractivity contribution in [3.63, 3.8) is 0 Å². The minimum absolute atomic E-state index is 0.0103. The molecule has 1 aliphatic rings. The molecule has 0 saturated carbocycles. The first-order chi connectivity index (χ1) is 7.74. The van der Waals surface area contributed by atoms with Gasteiger partial charge in [-0.25, -0.2) is 9.98 Å². The maximum atomic E-state index is 10.7. The van der Waals surface area contributed by atoms with Crippen molar-refractivity contribution in [1.29, 1.82) is 0 Å². The van der Waals surface area contributed by atoms with Gasteiger partial charge in [0.25, 0.3) is 0 Å². The first-order valence-corrected chi connectivity index (χ1v) is 5.43. The average molecular weight is 222 g/mol. The number of nitrogens with one attached hydrogen (secondary N) is 1. The molecule has 1 N–H and O–H groups in total. The number of aliphatic imine (C=N–C) groups is 2. The molecular weight excluding hydrogens is 204 g/mol. The fourth-order valence-corrected chi connectivity index (χ4v) is 1.39. The van der Waals surface area contributed by atoms with Crippen LogP contribution in [0.1, 0.15) is 13.8 Å². The molecule has 5 nitrogen and oxygen atoms in total. The smallest absolute Gasteiger partial charge is 0.224 e. The highest BCUT2D eigenvalue weighted by molar-refractivity contribution is 5.90. The third-order valence-corrected chi connectivity index (χ3v) is 2.14. The molecule has 16 heavy (non-hydrogen) atoms. The van der Waals surface area contributed by atoms with Gasteiger partial charge in [0, 0.05) is 38.6 Å². The highest BCUT2D eigenvalue weighted by Crippen LogP contribution is 1.97. The second-order valence-corrected chi connectivity index (χ2v) is 3.48. The van der Waals surface area contributed by atoms with E-state index in [0.717, 1.165) is 26.2 Å². The first kappa shape index (κ1) is 12.6. The molecule has 1 saturated heterocycles. The zero-order valence-electron chi connectivity index (χ0n) is 9.81. The van der Waals surface area contributed by atoms with Gasteiger partial charge in [0.15, 0.2) is 5.78 Å². The Morgan fingerprint density at radius 1 is 1.38 bits per heavy atom. The van der Waals surface area contributed by atoms with Crippen LogP contribution in [-0.2, 0) is 4.79 Å². The summed E-state index contributed by atoms with van der Waals surface area (Å²) in [4.78, 5) is 21.2. The quantitative estimate of drug-likeness (QED) is 0.419. The van der Waals surface area contributed by atoms with E-state index in [0.29, 0.717) is 5.96 Å². The summed E-state index contributed by atoms with van der Waals surface area (Å²) < 4.78 is 0. The minimum atomic E-state index is -0.0103. The molecule has 0 aromatic heterocycles. The summed E-state index contributed by atoms with van der Waals surface area (Å²) in [5, 5.41) is 3.27. The van der Waals surface area contributed by atoms with E-state index < -0.39 is 0 Å². The molecule has 1 heterocycles. The Kier molecular flexibility index (Phi) is 5.42. The number of piperazine rings is 1. The Balaban J connectivity index is 2.68. The fourth-order valence-electron chi connectivity index (χ4n) is 1.39. The van der Waals surface area contributed by atoms with Crippen LogP contribution in [0.25, 0.3) is 0 Å². The van der Waals surface area contributed by atoms with Gasteiger partial charge >= 0.3 is 0 Å². The van der Waals surface area contributed by atoms with Crippen LogP contribution in [0.4, 0.5) is 0 Å². The molecule has 0 atom stereocenters. The van der Waals surface area contributed by atoms with E-state index in [-0.39, 0.29) is 5.78 Å². The van der Waals surface area contributed by atoms with Crippen molar-refractivity contribution in [1.82, 2.24) is 10.2 Å². The van der Waals surface area contributed by atoms with Crippen molar-refractivity contribution >= 4 is 18.0 Å². The highest BCUT2D eigenvalue weighted by atomic mass is 16.1. The lowest BCUT2D eigenvalue weighted by atomic mass is 10.4. The van der Waals surface area contributed by atoms with Gasteiger partial charge in [0.2, 0.25) is 5.96 Å². The third-order valence-electron chi connectivity index (χ3n) is 2.14. The van der Waals surface area contributed by atoms with E-state index in [1.54, 1.807) is 6.21 Å². The first-order valence-electron chi connectivity index (χ1n) is 5.43. The SMILES string of the molecule is C\C=N/C(=N\C=C\C(C)=O)N1CCNCC1. The monoisotopic (exact) mass is 222 g/mol. The molecule has 5 heteroatoms. The summed E-state index contributed by atoms with van der Waals surface area (Å²) in [5.41, 5.74) is 0. The van der Waals surface area contributed by atoms with Crippen LogP contribution in [0.15, 0.2) is 22.3 Å². The van der Waals surface area contributed by atoms with E-state index in [9.17, 15) is 4.79 Å². The van der Waals surface area contributed by atoms with Gasteiger partial charge in [-0.05, 0) is 19.9 Å². The second-order valence-electron chi connectivity index (χ2n) is 3.48. The molecule has 0 amide bonds. The maximum Gasteiger partial charge on any atom is 0.224 e. The number of ketones is 1. The minimum Gasteiger partial charge on any atom is -0.338 e. The van der Waals surface area contributed by atoms with E-state index in [2.05, 4.69) is 20.2 Å². The Hall–Kier alpha value is -1.49. The normalized spacial score (nSPS) is 18.6. The van der Waals surface area contributed by atoms with E-state index in [4.69, 9.17) is 0 Å². The molecule has 1 rings (SSSR count). The summed E-state index contributed by atoms with van der Waals surface area (Å²) in [6.45, 7) is 7.02. The number of carbonyl (C=O) groups is 1. The van der Waals surface area contributed by atoms with E-state index in [1.165, 1.54) is 19.2 Å². The molecule has 1 aliphatic heterocycles. The lowest BCUT2D eigenvalue weighted by molar-refractivity contribution is -0.112. The lowest BCUT2D eigenvalue weighted by Crippen LogP contribution is -2.45. The van der Waals surface area contributed by atoms with E-state index >= 15 is 0 Å². The molecule has 88 valence electrons. The predicted molar refractivity (Wildman–Crippen MR) is 65.9 cm³/mol. The van der Waals surface area contributed by atoms with Crippen LogP contribution >= 0.6 is 0 Å². The Morgan fingerprint density at radius 3 is 2.62 bits per heavy atom. The zero-order chi connectivity index (χ0) is 11.8. The molecule has 0 aliphatic carbocycles. The summed E-state index contributed by atoms with van der Waals surface area (Å²) in [6.07, 6.45) is 4.66. The molecule has 0 unspecified atom stereocenters. The van der Waals surface area contributed by atoms with Gasteiger partial charge in [-0.1, -0.05) is 0 Å². The number of nitrogens with zero attached hydrogens (tertiary/aromatic N) is 3. The maximum absolute atomic E-state index is 10.7.